The predicted octanol–water partition coefficient (Wildman–Crippen LogP) is 2.13. The van der Waals surface area contributed by atoms with Crippen LogP contribution in [0.3, 0.4) is 0 Å². The van der Waals surface area contributed by atoms with Crippen molar-refractivity contribution in [2.45, 2.75) is 39.3 Å². The number of ether oxygens (including phenoxy) is 1. The second-order valence-electron chi connectivity index (χ2n) is 4.36. The maximum Gasteiger partial charge on any atom is 0.122 e. The minimum Gasteiger partial charge on any atom is -0.496 e. The van der Waals surface area contributed by atoms with Crippen LogP contribution < -0.4 is 15.6 Å². The lowest BCUT2D eigenvalue weighted by atomic mass is 10.1. The number of hydrogen-bond donors (Lipinski definition) is 2. The summed E-state index contributed by atoms with van der Waals surface area (Å²) in [4.78, 5) is 0. The fourth-order valence-corrected chi connectivity index (χ4v) is 1.56. The topological polar surface area (TPSA) is 33.3 Å². The molecular formula is C13H22N2O. The molecule has 0 saturated carbocycles. The van der Waals surface area contributed by atoms with Gasteiger partial charge in [-0.15, -0.1) is 0 Å². The van der Waals surface area contributed by atoms with Gasteiger partial charge < -0.3 is 4.74 Å². The summed E-state index contributed by atoms with van der Waals surface area (Å²) in [5.74, 6) is 0.959. The highest BCUT2D eigenvalue weighted by molar-refractivity contribution is 5.33. The van der Waals surface area contributed by atoms with Crippen LogP contribution in [-0.4, -0.2) is 19.2 Å². The van der Waals surface area contributed by atoms with Crippen LogP contribution in [0, 0.1) is 0 Å². The van der Waals surface area contributed by atoms with Crippen molar-refractivity contribution in [3.8, 4) is 5.75 Å². The van der Waals surface area contributed by atoms with E-state index in [9.17, 15) is 0 Å². The van der Waals surface area contributed by atoms with Gasteiger partial charge in [0.2, 0.25) is 0 Å². The van der Waals surface area contributed by atoms with Crippen molar-refractivity contribution in [1.29, 1.82) is 0 Å². The van der Waals surface area contributed by atoms with Gasteiger partial charge in [0.25, 0.3) is 0 Å². The lowest BCUT2D eigenvalue weighted by molar-refractivity contribution is 0.390. The van der Waals surface area contributed by atoms with Gasteiger partial charge in [0.1, 0.15) is 5.75 Å². The van der Waals surface area contributed by atoms with E-state index in [2.05, 4.69) is 37.7 Å². The number of para-hydroxylation sites is 1. The summed E-state index contributed by atoms with van der Waals surface area (Å²) in [5, 5.41) is 0. The monoisotopic (exact) mass is 222 g/mol. The van der Waals surface area contributed by atoms with Gasteiger partial charge in [-0.2, -0.15) is 0 Å². The molecule has 0 heterocycles. The third-order valence-corrected chi connectivity index (χ3v) is 2.34. The van der Waals surface area contributed by atoms with Gasteiger partial charge in [0.15, 0.2) is 0 Å². The number of nitrogens with one attached hydrogen (secondary N) is 2. The molecular weight excluding hydrogens is 200 g/mol. The van der Waals surface area contributed by atoms with Crippen molar-refractivity contribution >= 4 is 0 Å². The Morgan fingerprint density at radius 1 is 1.12 bits per heavy atom. The summed E-state index contributed by atoms with van der Waals surface area (Å²) >= 11 is 0. The van der Waals surface area contributed by atoms with E-state index in [4.69, 9.17) is 4.74 Å². The zero-order chi connectivity index (χ0) is 12.0. The lowest BCUT2D eigenvalue weighted by Crippen LogP contribution is -2.43. The number of benzene rings is 1. The minimum atomic E-state index is 0.374. The third-order valence-electron chi connectivity index (χ3n) is 2.34. The Kier molecular flexibility index (Phi) is 5.29. The van der Waals surface area contributed by atoms with Crippen LogP contribution in [0.15, 0.2) is 24.3 Å². The van der Waals surface area contributed by atoms with Gasteiger partial charge >= 0.3 is 0 Å². The smallest absolute Gasteiger partial charge is 0.122 e. The quantitative estimate of drug-likeness (QED) is 0.723. The molecule has 16 heavy (non-hydrogen) atoms. The van der Waals surface area contributed by atoms with E-state index >= 15 is 0 Å². The van der Waals surface area contributed by atoms with Crippen LogP contribution in [0.2, 0.25) is 0 Å². The molecule has 0 aliphatic rings. The van der Waals surface area contributed by atoms with Crippen molar-refractivity contribution in [1.82, 2.24) is 10.9 Å². The van der Waals surface area contributed by atoms with E-state index in [-0.39, 0.29) is 0 Å². The molecule has 1 aromatic rings. The van der Waals surface area contributed by atoms with Crippen molar-refractivity contribution in [2.75, 3.05) is 7.11 Å². The van der Waals surface area contributed by atoms with Gasteiger partial charge in [0, 0.05) is 12.1 Å². The van der Waals surface area contributed by atoms with E-state index in [1.165, 1.54) is 5.56 Å². The average molecular weight is 222 g/mol. The number of hydrogen-bond acceptors (Lipinski definition) is 3. The number of hydrazine groups is 1. The van der Waals surface area contributed by atoms with Crippen LogP contribution in [0.1, 0.15) is 26.3 Å². The molecule has 0 bridgehead atoms. The van der Waals surface area contributed by atoms with E-state index in [1.54, 1.807) is 7.11 Å². The van der Waals surface area contributed by atoms with Gasteiger partial charge in [-0.1, -0.05) is 18.2 Å². The van der Waals surface area contributed by atoms with Gasteiger partial charge in [-0.05, 0) is 38.8 Å². The molecule has 1 aromatic carbocycles. The molecule has 1 rings (SSSR count). The van der Waals surface area contributed by atoms with Crippen LogP contribution in [0.25, 0.3) is 0 Å². The maximum atomic E-state index is 5.32. The summed E-state index contributed by atoms with van der Waals surface area (Å²) < 4.78 is 5.32. The molecule has 1 atom stereocenters. The van der Waals surface area contributed by atoms with Crippen molar-refractivity contribution in [2.24, 2.45) is 0 Å². The van der Waals surface area contributed by atoms with E-state index < -0.39 is 0 Å². The van der Waals surface area contributed by atoms with Crippen LogP contribution in [-0.2, 0) is 6.42 Å². The molecule has 0 aliphatic heterocycles. The first-order valence-corrected chi connectivity index (χ1v) is 5.76. The molecule has 3 nitrogen and oxygen atoms in total. The highest BCUT2D eigenvalue weighted by Gasteiger charge is 2.07. The van der Waals surface area contributed by atoms with Crippen molar-refractivity contribution < 1.29 is 4.74 Å². The molecule has 2 N–H and O–H groups in total. The second-order valence-corrected chi connectivity index (χ2v) is 4.36. The third kappa shape index (κ3) is 4.21. The minimum absolute atomic E-state index is 0.374. The molecule has 90 valence electrons. The largest absolute Gasteiger partial charge is 0.496 e. The van der Waals surface area contributed by atoms with Gasteiger partial charge in [0.05, 0.1) is 7.11 Å². The summed E-state index contributed by atoms with van der Waals surface area (Å²) in [6.07, 6.45) is 0.948. The zero-order valence-corrected chi connectivity index (χ0v) is 10.6. The van der Waals surface area contributed by atoms with Crippen LogP contribution in [0.5, 0.6) is 5.75 Å². The molecule has 0 spiro atoms. The zero-order valence-electron chi connectivity index (χ0n) is 10.6. The van der Waals surface area contributed by atoms with Crippen molar-refractivity contribution in [3.05, 3.63) is 29.8 Å². The summed E-state index contributed by atoms with van der Waals surface area (Å²) in [6, 6.07) is 8.95. The lowest BCUT2D eigenvalue weighted by Gasteiger charge is -2.18. The molecule has 0 saturated heterocycles. The molecule has 0 unspecified atom stereocenters. The van der Waals surface area contributed by atoms with E-state index in [0.29, 0.717) is 12.1 Å². The average Bonchev–Trinajstić information content (AvgIpc) is 2.27. The van der Waals surface area contributed by atoms with Crippen molar-refractivity contribution in [3.63, 3.8) is 0 Å². The first kappa shape index (κ1) is 13.0. The second kappa shape index (κ2) is 6.51. The fraction of sp³-hybridized carbons (Fsp3) is 0.538. The number of rotatable bonds is 6. The summed E-state index contributed by atoms with van der Waals surface area (Å²) in [7, 11) is 1.71. The molecule has 3 heteroatoms. The Hall–Kier alpha value is -1.06. The highest BCUT2D eigenvalue weighted by Crippen LogP contribution is 2.18. The predicted molar refractivity (Wildman–Crippen MR) is 67.6 cm³/mol. The molecule has 0 fully saturated rings. The SMILES string of the molecule is COc1ccccc1C[C@@H](C)NNC(C)C. The Balaban J connectivity index is 2.51. The van der Waals surface area contributed by atoms with E-state index in [0.717, 1.165) is 12.2 Å². The Bertz CT molecular complexity index is 313. The van der Waals surface area contributed by atoms with Crippen LogP contribution in [0.4, 0.5) is 0 Å². The summed E-state index contributed by atoms with van der Waals surface area (Å²) in [5.41, 5.74) is 7.72. The standard InChI is InChI=1S/C13H22N2O/c1-10(2)14-15-11(3)9-12-7-5-6-8-13(12)16-4/h5-8,10-11,14-15H,9H2,1-4H3/t11-/m1/s1. The molecule has 0 aromatic heterocycles. The molecule has 0 radical (unpaired) electrons. The molecule has 0 amide bonds. The fourth-order valence-electron chi connectivity index (χ4n) is 1.56. The Labute approximate surface area is 98.2 Å². The maximum absolute atomic E-state index is 5.32. The first-order chi connectivity index (χ1) is 7.63. The Morgan fingerprint density at radius 2 is 1.81 bits per heavy atom. The van der Waals surface area contributed by atoms with Crippen LogP contribution >= 0.6 is 0 Å². The van der Waals surface area contributed by atoms with E-state index in [1.807, 2.05) is 18.2 Å². The van der Waals surface area contributed by atoms with Gasteiger partial charge in [-0.25, -0.2) is 0 Å². The highest BCUT2D eigenvalue weighted by atomic mass is 16.5. The summed E-state index contributed by atoms with van der Waals surface area (Å²) in [6.45, 7) is 6.38. The van der Waals surface area contributed by atoms with Gasteiger partial charge in [-0.3, -0.25) is 10.9 Å². The molecule has 0 aliphatic carbocycles. The Morgan fingerprint density at radius 3 is 2.44 bits per heavy atom. The first-order valence-electron chi connectivity index (χ1n) is 5.76. The normalized spacial score (nSPS) is 12.8. The number of methoxy groups -OCH3 is 1.